The van der Waals surface area contributed by atoms with E-state index >= 15 is 0 Å². The van der Waals surface area contributed by atoms with Gasteiger partial charge < -0.3 is 15.1 Å². The lowest BCUT2D eigenvalue weighted by atomic mass is 10.1. The van der Waals surface area contributed by atoms with Gasteiger partial charge in [-0.3, -0.25) is 14.4 Å². The van der Waals surface area contributed by atoms with Gasteiger partial charge in [-0.25, -0.2) is 0 Å². The summed E-state index contributed by atoms with van der Waals surface area (Å²) in [5.41, 5.74) is 3.25. The Morgan fingerprint density at radius 3 is 2.20 bits per heavy atom. The summed E-state index contributed by atoms with van der Waals surface area (Å²) in [7, 11) is 0. The zero-order chi connectivity index (χ0) is 21.7. The number of nitrogens with one attached hydrogen (secondary N) is 1. The topological polar surface area (TPSA) is 69.7 Å². The highest BCUT2D eigenvalue weighted by Gasteiger charge is 2.35. The fourth-order valence-electron chi connectivity index (χ4n) is 3.68. The molecule has 0 bridgehead atoms. The molecule has 0 aromatic heterocycles. The molecular weight excluding hydrogens is 378 g/mol. The fraction of sp³-hybridized carbons (Fsp3) is 0.375. The van der Waals surface area contributed by atoms with Crippen LogP contribution < -0.4 is 10.2 Å². The van der Waals surface area contributed by atoms with E-state index in [0.717, 1.165) is 12.1 Å². The SMILES string of the molecule is CCc1ccc(N2C[C@H](C(=O)Nc3ccc(C(=O)N(CC)CC)cc3)CC2=O)cc1. The van der Waals surface area contributed by atoms with E-state index in [1.54, 1.807) is 34.1 Å². The average molecular weight is 408 g/mol. The van der Waals surface area contributed by atoms with E-state index in [-0.39, 0.29) is 24.1 Å². The van der Waals surface area contributed by atoms with E-state index < -0.39 is 5.92 Å². The quantitative estimate of drug-likeness (QED) is 0.760. The van der Waals surface area contributed by atoms with E-state index in [0.29, 0.717) is 30.9 Å². The van der Waals surface area contributed by atoms with Gasteiger partial charge in [0.1, 0.15) is 0 Å². The van der Waals surface area contributed by atoms with Crippen molar-refractivity contribution in [2.24, 2.45) is 5.92 Å². The van der Waals surface area contributed by atoms with Gasteiger partial charge in [-0.2, -0.15) is 0 Å². The second kappa shape index (κ2) is 9.57. The smallest absolute Gasteiger partial charge is 0.253 e. The molecule has 0 unspecified atom stereocenters. The number of amides is 3. The molecule has 158 valence electrons. The van der Waals surface area contributed by atoms with Crippen LogP contribution in [0, 0.1) is 5.92 Å². The first-order valence-corrected chi connectivity index (χ1v) is 10.6. The average Bonchev–Trinajstić information content (AvgIpc) is 3.17. The summed E-state index contributed by atoms with van der Waals surface area (Å²) in [6, 6.07) is 14.8. The van der Waals surface area contributed by atoms with Crippen molar-refractivity contribution in [1.82, 2.24) is 4.90 Å². The summed E-state index contributed by atoms with van der Waals surface area (Å²) in [5, 5.41) is 2.88. The van der Waals surface area contributed by atoms with Crippen molar-refractivity contribution in [3.8, 4) is 0 Å². The Morgan fingerprint density at radius 1 is 1.00 bits per heavy atom. The molecule has 2 aromatic rings. The largest absolute Gasteiger partial charge is 0.339 e. The minimum atomic E-state index is -0.402. The minimum absolute atomic E-state index is 0.0241. The van der Waals surface area contributed by atoms with Crippen LogP contribution >= 0.6 is 0 Å². The van der Waals surface area contributed by atoms with Crippen LogP contribution in [0.2, 0.25) is 0 Å². The van der Waals surface area contributed by atoms with Crippen molar-refractivity contribution < 1.29 is 14.4 Å². The van der Waals surface area contributed by atoms with Crippen LogP contribution in [0.25, 0.3) is 0 Å². The highest BCUT2D eigenvalue weighted by molar-refractivity contribution is 6.03. The van der Waals surface area contributed by atoms with Crippen molar-refractivity contribution >= 4 is 29.1 Å². The molecule has 3 amide bonds. The molecule has 1 saturated heterocycles. The maximum absolute atomic E-state index is 12.7. The molecule has 6 heteroatoms. The van der Waals surface area contributed by atoms with Gasteiger partial charge in [-0.15, -0.1) is 0 Å². The number of rotatable bonds is 7. The Kier molecular flexibility index (Phi) is 6.87. The molecule has 0 radical (unpaired) electrons. The molecule has 1 aliphatic rings. The summed E-state index contributed by atoms with van der Waals surface area (Å²) in [5.74, 6) is -0.650. The number of hydrogen-bond donors (Lipinski definition) is 1. The van der Waals surface area contributed by atoms with Crippen LogP contribution in [-0.4, -0.2) is 42.3 Å². The molecular formula is C24H29N3O3. The standard InChI is InChI=1S/C24H29N3O3/c1-4-17-7-13-21(14-8-17)27-16-19(15-22(27)28)23(29)25-20-11-9-18(10-12-20)24(30)26(5-2)6-3/h7-14,19H,4-6,15-16H2,1-3H3,(H,25,29)/t19-/m1/s1. The molecule has 0 spiro atoms. The van der Waals surface area contributed by atoms with Crippen LogP contribution in [0.15, 0.2) is 48.5 Å². The predicted octanol–water partition coefficient (Wildman–Crippen LogP) is 3.72. The predicted molar refractivity (Wildman–Crippen MR) is 119 cm³/mol. The van der Waals surface area contributed by atoms with Gasteiger partial charge in [0.25, 0.3) is 5.91 Å². The normalized spacial score (nSPS) is 15.9. The molecule has 3 rings (SSSR count). The third-order valence-electron chi connectivity index (χ3n) is 5.60. The molecule has 1 N–H and O–H groups in total. The number of benzene rings is 2. The Hall–Kier alpha value is -3.15. The Bertz CT molecular complexity index is 902. The lowest BCUT2D eigenvalue weighted by Gasteiger charge is -2.19. The molecule has 0 aliphatic carbocycles. The first kappa shape index (κ1) is 21.6. The molecule has 1 fully saturated rings. The monoisotopic (exact) mass is 407 g/mol. The Morgan fingerprint density at radius 2 is 1.63 bits per heavy atom. The van der Waals surface area contributed by atoms with Gasteiger partial charge >= 0.3 is 0 Å². The van der Waals surface area contributed by atoms with Crippen LogP contribution in [0.1, 0.15) is 43.1 Å². The maximum Gasteiger partial charge on any atom is 0.253 e. The molecule has 0 saturated carbocycles. The molecule has 30 heavy (non-hydrogen) atoms. The van der Waals surface area contributed by atoms with E-state index in [1.807, 2.05) is 38.1 Å². The number of hydrogen-bond acceptors (Lipinski definition) is 3. The van der Waals surface area contributed by atoms with Gasteiger partial charge in [0.2, 0.25) is 11.8 Å². The zero-order valence-electron chi connectivity index (χ0n) is 17.9. The van der Waals surface area contributed by atoms with Gasteiger partial charge in [0, 0.05) is 43.0 Å². The summed E-state index contributed by atoms with van der Waals surface area (Å²) in [4.78, 5) is 41.0. The van der Waals surface area contributed by atoms with E-state index in [2.05, 4.69) is 12.2 Å². The van der Waals surface area contributed by atoms with Crippen molar-refractivity contribution in [2.75, 3.05) is 29.9 Å². The summed E-state index contributed by atoms with van der Waals surface area (Å²) in [6.07, 6.45) is 1.14. The van der Waals surface area contributed by atoms with Crippen LogP contribution in [0.5, 0.6) is 0 Å². The highest BCUT2D eigenvalue weighted by Crippen LogP contribution is 2.26. The Balaban J connectivity index is 1.62. The van der Waals surface area contributed by atoms with E-state index in [4.69, 9.17) is 0 Å². The second-order valence-electron chi connectivity index (χ2n) is 7.47. The number of carbonyl (C=O) groups excluding carboxylic acids is 3. The van der Waals surface area contributed by atoms with Crippen molar-refractivity contribution in [3.63, 3.8) is 0 Å². The number of aryl methyl sites for hydroxylation is 1. The zero-order valence-corrected chi connectivity index (χ0v) is 17.9. The molecule has 2 aromatic carbocycles. The second-order valence-corrected chi connectivity index (χ2v) is 7.47. The summed E-state index contributed by atoms with van der Waals surface area (Å²) < 4.78 is 0. The van der Waals surface area contributed by atoms with Crippen LogP contribution in [-0.2, 0) is 16.0 Å². The first-order chi connectivity index (χ1) is 14.5. The van der Waals surface area contributed by atoms with Crippen molar-refractivity contribution in [1.29, 1.82) is 0 Å². The highest BCUT2D eigenvalue weighted by atomic mass is 16.2. The lowest BCUT2D eigenvalue weighted by Crippen LogP contribution is -2.30. The van der Waals surface area contributed by atoms with E-state index in [1.165, 1.54) is 5.56 Å². The lowest BCUT2D eigenvalue weighted by molar-refractivity contribution is -0.122. The van der Waals surface area contributed by atoms with Gasteiger partial charge in [0.15, 0.2) is 0 Å². The number of carbonyl (C=O) groups is 3. The molecule has 1 heterocycles. The summed E-state index contributed by atoms with van der Waals surface area (Å²) in [6.45, 7) is 7.65. The van der Waals surface area contributed by atoms with Crippen LogP contribution in [0.4, 0.5) is 11.4 Å². The number of anilines is 2. The van der Waals surface area contributed by atoms with E-state index in [9.17, 15) is 14.4 Å². The Labute approximate surface area is 177 Å². The van der Waals surface area contributed by atoms with Gasteiger partial charge in [0.05, 0.1) is 5.92 Å². The molecule has 1 aliphatic heterocycles. The fourth-order valence-corrected chi connectivity index (χ4v) is 3.68. The van der Waals surface area contributed by atoms with Gasteiger partial charge in [-0.1, -0.05) is 19.1 Å². The molecule has 1 atom stereocenters. The first-order valence-electron chi connectivity index (χ1n) is 10.6. The van der Waals surface area contributed by atoms with Crippen LogP contribution in [0.3, 0.4) is 0 Å². The van der Waals surface area contributed by atoms with Crippen molar-refractivity contribution in [3.05, 3.63) is 59.7 Å². The van der Waals surface area contributed by atoms with Crippen molar-refractivity contribution in [2.45, 2.75) is 33.6 Å². The minimum Gasteiger partial charge on any atom is -0.339 e. The summed E-state index contributed by atoms with van der Waals surface area (Å²) >= 11 is 0. The number of nitrogens with zero attached hydrogens (tertiary/aromatic N) is 2. The molecule has 6 nitrogen and oxygen atoms in total. The van der Waals surface area contributed by atoms with Gasteiger partial charge in [-0.05, 0) is 62.2 Å². The third kappa shape index (κ3) is 4.70. The third-order valence-corrected chi connectivity index (χ3v) is 5.60. The maximum atomic E-state index is 12.7.